The Bertz CT molecular complexity index is 510. The number of fused-ring (bicyclic) bond motifs is 1. The predicted octanol–water partition coefficient (Wildman–Crippen LogP) is 2.44. The molecule has 1 aromatic rings. The molecule has 0 spiro atoms. The molecule has 0 aromatic heterocycles. The van der Waals surface area contributed by atoms with Gasteiger partial charge in [-0.3, -0.25) is 4.72 Å². The third-order valence-corrected chi connectivity index (χ3v) is 4.03. The molecular weight excluding hydrogens is 243 g/mol. The third-order valence-electron chi connectivity index (χ3n) is 2.35. The summed E-state index contributed by atoms with van der Waals surface area (Å²) < 4.78 is 61.8. The van der Waals surface area contributed by atoms with E-state index in [4.69, 9.17) is 0 Å². The molecule has 0 radical (unpaired) electrons. The van der Waals surface area contributed by atoms with Gasteiger partial charge in [0.15, 0.2) is 0 Å². The highest BCUT2D eigenvalue weighted by molar-refractivity contribution is 7.93. The zero-order valence-electron chi connectivity index (χ0n) is 7.95. The van der Waals surface area contributed by atoms with Crippen molar-refractivity contribution in [3.63, 3.8) is 0 Å². The second-order valence-electron chi connectivity index (χ2n) is 3.54. The molecule has 1 heterocycles. The van der Waals surface area contributed by atoms with E-state index in [1.807, 2.05) is 0 Å². The molecule has 0 fully saturated rings. The number of nitrogens with one attached hydrogen (secondary N) is 1. The predicted molar refractivity (Wildman–Crippen MR) is 52.4 cm³/mol. The fourth-order valence-electron chi connectivity index (χ4n) is 1.69. The molecule has 88 valence electrons. The molecule has 1 atom stereocenters. The van der Waals surface area contributed by atoms with Crippen molar-refractivity contribution < 1.29 is 21.6 Å². The topological polar surface area (TPSA) is 46.2 Å². The first-order valence-corrected chi connectivity index (χ1v) is 6.01. The largest absolute Gasteiger partial charge is 0.390 e. The number of hydrogen-bond donors (Lipinski definition) is 1. The van der Waals surface area contributed by atoms with Crippen LogP contribution in [0.4, 0.5) is 18.9 Å². The number of halogens is 3. The summed E-state index contributed by atoms with van der Waals surface area (Å²) in [6, 6.07) is 5.93. The van der Waals surface area contributed by atoms with E-state index in [9.17, 15) is 21.6 Å². The minimum atomic E-state index is -4.50. The van der Waals surface area contributed by atoms with Crippen LogP contribution in [0.5, 0.6) is 0 Å². The molecule has 16 heavy (non-hydrogen) atoms. The Morgan fingerprint density at radius 2 is 1.88 bits per heavy atom. The van der Waals surface area contributed by atoms with Crippen LogP contribution in [-0.2, 0) is 10.0 Å². The molecule has 1 aliphatic rings. The normalized spacial score (nSPS) is 22.6. The van der Waals surface area contributed by atoms with Crippen LogP contribution in [0, 0.1) is 0 Å². The van der Waals surface area contributed by atoms with Gasteiger partial charge >= 0.3 is 6.18 Å². The summed E-state index contributed by atoms with van der Waals surface area (Å²) in [4.78, 5) is 0. The van der Waals surface area contributed by atoms with Crippen molar-refractivity contribution in [2.24, 2.45) is 0 Å². The Kier molecular flexibility index (Phi) is 2.37. The summed E-state index contributed by atoms with van der Waals surface area (Å²) in [6.45, 7) is 0. The minimum absolute atomic E-state index is 0.180. The van der Waals surface area contributed by atoms with Crippen LogP contribution in [0.1, 0.15) is 17.2 Å². The third kappa shape index (κ3) is 1.99. The average molecular weight is 251 g/mol. The maximum atomic E-state index is 12.3. The van der Waals surface area contributed by atoms with E-state index < -0.39 is 27.9 Å². The van der Waals surface area contributed by atoms with E-state index >= 15 is 0 Å². The fourth-order valence-corrected chi connectivity index (χ4v) is 3.28. The molecule has 1 aliphatic heterocycles. The highest BCUT2D eigenvalue weighted by Gasteiger charge is 2.43. The summed E-state index contributed by atoms with van der Waals surface area (Å²) in [6.07, 6.45) is -5.86. The monoisotopic (exact) mass is 251 g/mol. The number of hydrogen-bond acceptors (Lipinski definition) is 2. The van der Waals surface area contributed by atoms with Crippen LogP contribution in [0.3, 0.4) is 0 Å². The molecule has 7 heteroatoms. The van der Waals surface area contributed by atoms with Crippen LogP contribution in [0.15, 0.2) is 24.3 Å². The van der Waals surface area contributed by atoms with Crippen LogP contribution < -0.4 is 4.72 Å². The lowest BCUT2D eigenvalue weighted by Crippen LogP contribution is -2.20. The fraction of sp³-hybridized carbons (Fsp3) is 0.333. The maximum absolute atomic E-state index is 12.3. The average Bonchev–Trinajstić information content (AvgIpc) is 2.36. The van der Waals surface area contributed by atoms with Gasteiger partial charge < -0.3 is 0 Å². The number of rotatable bonds is 1. The van der Waals surface area contributed by atoms with Crippen molar-refractivity contribution >= 4 is 15.7 Å². The summed E-state index contributed by atoms with van der Waals surface area (Å²) in [5, 5.41) is -1.54. The van der Waals surface area contributed by atoms with Crippen LogP contribution in [-0.4, -0.2) is 14.6 Å². The standard InChI is InChI=1S/C9H8F3NO2S/c10-9(11,12)5-8-6-3-1-2-4-7(6)13-16(8,14)15/h1-4,8,13H,5H2. The number of benzene rings is 1. The van der Waals surface area contributed by atoms with E-state index in [1.165, 1.54) is 18.2 Å². The molecule has 2 rings (SSSR count). The van der Waals surface area contributed by atoms with Gasteiger partial charge in [-0.1, -0.05) is 18.2 Å². The highest BCUT2D eigenvalue weighted by Crippen LogP contribution is 2.43. The quantitative estimate of drug-likeness (QED) is 0.833. The molecule has 1 aromatic carbocycles. The van der Waals surface area contributed by atoms with Crippen LogP contribution in [0.2, 0.25) is 0 Å². The molecule has 0 amide bonds. The summed E-state index contributed by atoms with van der Waals surface area (Å²) in [5.41, 5.74) is 0.413. The zero-order chi connectivity index (χ0) is 12.0. The van der Waals surface area contributed by atoms with Gasteiger partial charge in [0.05, 0.1) is 12.1 Å². The molecule has 1 unspecified atom stereocenters. The van der Waals surface area contributed by atoms with E-state index in [0.29, 0.717) is 0 Å². The molecule has 0 bridgehead atoms. The maximum Gasteiger partial charge on any atom is 0.390 e. The van der Waals surface area contributed by atoms with E-state index in [1.54, 1.807) is 6.07 Å². The van der Waals surface area contributed by atoms with E-state index in [2.05, 4.69) is 4.72 Å². The number of sulfonamides is 1. The van der Waals surface area contributed by atoms with E-state index in [0.717, 1.165) is 0 Å². The number of alkyl halides is 3. The Morgan fingerprint density at radius 3 is 2.50 bits per heavy atom. The molecule has 3 nitrogen and oxygen atoms in total. The first-order valence-electron chi connectivity index (χ1n) is 4.47. The Morgan fingerprint density at radius 1 is 1.25 bits per heavy atom. The SMILES string of the molecule is O=S1(=O)Nc2ccccc2C1CC(F)(F)F. The second-order valence-corrected chi connectivity index (χ2v) is 5.41. The lowest BCUT2D eigenvalue weighted by Gasteiger charge is -2.12. The molecule has 0 aliphatic carbocycles. The van der Waals surface area contributed by atoms with Crippen molar-refractivity contribution in [2.45, 2.75) is 17.8 Å². The van der Waals surface area contributed by atoms with Gasteiger partial charge in [-0.05, 0) is 11.6 Å². The Hall–Kier alpha value is -1.24. The first-order chi connectivity index (χ1) is 7.30. The van der Waals surface area contributed by atoms with Crippen molar-refractivity contribution in [3.8, 4) is 0 Å². The Labute approximate surface area is 90.3 Å². The number of anilines is 1. The van der Waals surface area contributed by atoms with Crippen molar-refractivity contribution in [1.82, 2.24) is 0 Å². The van der Waals surface area contributed by atoms with Crippen molar-refractivity contribution in [2.75, 3.05) is 4.72 Å². The minimum Gasteiger partial charge on any atom is -0.283 e. The van der Waals surface area contributed by atoms with Gasteiger partial charge in [-0.15, -0.1) is 0 Å². The molecule has 0 saturated heterocycles. The van der Waals surface area contributed by atoms with E-state index in [-0.39, 0.29) is 11.3 Å². The van der Waals surface area contributed by atoms with Gasteiger partial charge in [-0.25, -0.2) is 8.42 Å². The van der Waals surface area contributed by atoms with Gasteiger partial charge in [0.25, 0.3) is 0 Å². The van der Waals surface area contributed by atoms with Crippen molar-refractivity contribution in [1.29, 1.82) is 0 Å². The smallest absolute Gasteiger partial charge is 0.283 e. The van der Waals surface area contributed by atoms with Crippen LogP contribution >= 0.6 is 0 Å². The molecular formula is C9H8F3NO2S. The van der Waals surface area contributed by atoms with Crippen molar-refractivity contribution in [3.05, 3.63) is 29.8 Å². The molecule has 1 N–H and O–H groups in total. The zero-order valence-corrected chi connectivity index (χ0v) is 8.77. The first kappa shape index (κ1) is 11.3. The Balaban J connectivity index is 2.44. The summed E-state index contributed by atoms with van der Waals surface area (Å²) >= 11 is 0. The number of para-hydroxylation sites is 1. The van der Waals surface area contributed by atoms with Gasteiger partial charge in [0, 0.05) is 0 Å². The van der Waals surface area contributed by atoms with Crippen LogP contribution in [0.25, 0.3) is 0 Å². The highest BCUT2D eigenvalue weighted by atomic mass is 32.2. The second kappa shape index (κ2) is 3.38. The van der Waals surface area contributed by atoms with Gasteiger partial charge in [0.1, 0.15) is 5.25 Å². The molecule has 0 saturated carbocycles. The van der Waals surface area contributed by atoms with Gasteiger partial charge in [-0.2, -0.15) is 13.2 Å². The summed E-state index contributed by atoms with van der Waals surface area (Å²) in [7, 11) is -3.95. The van der Waals surface area contributed by atoms with Gasteiger partial charge in [0.2, 0.25) is 10.0 Å². The lowest BCUT2D eigenvalue weighted by molar-refractivity contribution is -0.134. The summed E-state index contributed by atoms with van der Waals surface area (Å²) in [5.74, 6) is 0. The lowest BCUT2D eigenvalue weighted by atomic mass is 10.1.